The lowest BCUT2D eigenvalue weighted by molar-refractivity contribution is 0.0547. The first-order valence-electron chi connectivity index (χ1n) is 9.91. The molecule has 1 rings (SSSR count). The zero-order valence-electron chi connectivity index (χ0n) is 17.3. The van der Waals surface area contributed by atoms with E-state index in [1.165, 1.54) is 0 Å². The molecule has 0 bridgehead atoms. The SMILES string of the molecule is CCC(C)Nc1nc(NCCOCCOCCN)nc(NCCC(C)C)n1. The Bertz CT molecular complexity index is 503. The Labute approximate surface area is 163 Å². The predicted molar refractivity (Wildman–Crippen MR) is 110 cm³/mol. The molecule has 0 spiro atoms. The minimum atomic E-state index is 0.292. The molecule has 1 unspecified atom stereocenters. The van der Waals surface area contributed by atoms with E-state index in [9.17, 15) is 0 Å². The molecule has 0 amide bonds. The van der Waals surface area contributed by atoms with Crippen molar-refractivity contribution in [2.75, 3.05) is 62.0 Å². The lowest BCUT2D eigenvalue weighted by Crippen LogP contribution is -2.20. The second kappa shape index (κ2) is 14.4. The Hall–Kier alpha value is -1.71. The maximum atomic E-state index is 5.50. The molecule has 0 aliphatic heterocycles. The molecule has 0 radical (unpaired) electrons. The second-order valence-electron chi connectivity index (χ2n) is 6.81. The third kappa shape index (κ3) is 11.6. The third-order valence-electron chi connectivity index (χ3n) is 3.79. The van der Waals surface area contributed by atoms with Crippen molar-refractivity contribution in [2.45, 2.75) is 46.6 Å². The molecule has 5 N–H and O–H groups in total. The van der Waals surface area contributed by atoms with Crippen molar-refractivity contribution < 1.29 is 9.47 Å². The number of ether oxygens (including phenoxy) is 2. The summed E-state index contributed by atoms with van der Waals surface area (Å²) in [5.74, 6) is 2.31. The summed E-state index contributed by atoms with van der Waals surface area (Å²) in [6, 6.07) is 0.292. The van der Waals surface area contributed by atoms with Crippen LogP contribution in [0.5, 0.6) is 0 Å². The fourth-order valence-electron chi connectivity index (χ4n) is 2.03. The summed E-state index contributed by atoms with van der Waals surface area (Å²) in [6.07, 6.45) is 2.05. The number of hydrogen-bond donors (Lipinski definition) is 4. The summed E-state index contributed by atoms with van der Waals surface area (Å²) >= 11 is 0. The van der Waals surface area contributed by atoms with Crippen molar-refractivity contribution in [1.29, 1.82) is 0 Å². The minimum absolute atomic E-state index is 0.292. The van der Waals surface area contributed by atoms with Gasteiger partial charge in [-0.3, -0.25) is 0 Å². The summed E-state index contributed by atoms with van der Waals surface area (Å²) in [6.45, 7) is 12.8. The molecule has 0 aliphatic carbocycles. The number of aromatic nitrogens is 3. The van der Waals surface area contributed by atoms with Crippen LogP contribution < -0.4 is 21.7 Å². The molecule has 0 saturated heterocycles. The van der Waals surface area contributed by atoms with E-state index in [4.69, 9.17) is 15.2 Å². The summed E-state index contributed by atoms with van der Waals surface area (Å²) in [5.41, 5.74) is 5.36. The first-order valence-corrected chi connectivity index (χ1v) is 9.91. The maximum absolute atomic E-state index is 5.50. The van der Waals surface area contributed by atoms with Crippen LogP contribution in [0.2, 0.25) is 0 Å². The van der Waals surface area contributed by atoms with Crippen molar-refractivity contribution in [1.82, 2.24) is 15.0 Å². The zero-order chi connectivity index (χ0) is 19.9. The molecule has 0 fully saturated rings. The molecule has 1 aromatic heterocycles. The van der Waals surface area contributed by atoms with E-state index in [0.717, 1.165) is 19.4 Å². The van der Waals surface area contributed by atoms with Crippen LogP contribution in [0, 0.1) is 5.92 Å². The van der Waals surface area contributed by atoms with E-state index in [1.54, 1.807) is 0 Å². The van der Waals surface area contributed by atoms with Crippen molar-refractivity contribution in [2.24, 2.45) is 11.7 Å². The van der Waals surface area contributed by atoms with Crippen LogP contribution in [-0.4, -0.2) is 67.1 Å². The van der Waals surface area contributed by atoms with Crippen molar-refractivity contribution in [3.05, 3.63) is 0 Å². The highest BCUT2D eigenvalue weighted by atomic mass is 16.5. The Morgan fingerprint density at radius 3 is 2.04 bits per heavy atom. The third-order valence-corrected chi connectivity index (χ3v) is 3.79. The first-order chi connectivity index (χ1) is 13.0. The Balaban J connectivity index is 2.50. The molecular weight excluding hydrogens is 346 g/mol. The largest absolute Gasteiger partial charge is 0.378 e. The lowest BCUT2D eigenvalue weighted by Gasteiger charge is -2.14. The summed E-state index contributed by atoms with van der Waals surface area (Å²) < 4.78 is 10.8. The molecule has 9 nitrogen and oxygen atoms in total. The van der Waals surface area contributed by atoms with Crippen LogP contribution in [0.1, 0.15) is 40.5 Å². The van der Waals surface area contributed by atoms with Crippen molar-refractivity contribution >= 4 is 17.8 Å². The number of rotatable bonds is 16. The van der Waals surface area contributed by atoms with Gasteiger partial charge in [0.05, 0.1) is 26.4 Å². The van der Waals surface area contributed by atoms with E-state index in [0.29, 0.717) is 69.3 Å². The summed E-state index contributed by atoms with van der Waals surface area (Å²) in [5, 5.41) is 9.77. The number of nitrogens with zero attached hydrogens (tertiary/aromatic N) is 3. The molecule has 0 aliphatic rings. The number of anilines is 3. The minimum Gasteiger partial charge on any atom is -0.378 e. The highest BCUT2D eigenvalue weighted by molar-refractivity contribution is 5.42. The number of hydrogen-bond acceptors (Lipinski definition) is 9. The van der Waals surface area contributed by atoms with Crippen molar-refractivity contribution in [3.8, 4) is 0 Å². The van der Waals surface area contributed by atoms with Gasteiger partial charge in [-0.2, -0.15) is 15.0 Å². The Morgan fingerprint density at radius 1 is 0.852 bits per heavy atom. The molecule has 27 heavy (non-hydrogen) atoms. The molecule has 156 valence electrons. The van der Waals surface area contributed by atoms with Gasteiger partial charge >= 0.3 is 0 Å². The Kier molecular flexibility index (Phi) is 12.4. The molecule has 0 saturated carbocycles. The fraction of sp³-hybridized carbons (Fsp3) is 0.833. The standard InChI is InChI=1S/C18H37N7O2/c1-5-15(4)22-18-24-16(20-8-6-14(2)3)23-17(25-18)21-9-11-27-13-12-26-10-7-19/h14-15H,5-13,19H2,1-4H3,(H3,20,21,22,23,24,25). The van der Waals surface area contributed by atoms with Gasteiger partial charge in [-0.1, -0.05) is 20.8 Å². The molecule has 0 aromatic carbocycles. The van der Waals surface area contributed by atoms with Crippen LogP contribution in [0.15, 0.2) is 0 Å². The zero-order valence-corrected chi connectivity index (χ0v) is 17.3. The number of nitrogens with two attached hydrogens (primary N) is 1. The summed E-state index contributed by atoms with van der Waals surface area (Å²) in [7, 11) is 0. The normalized spacial score (nSPS) is 12.2. The van der Waals surface area contributed by atoms with Crippen LogP contribution in [0.4, 0.5) is 17.8 Å². The van der Waals surface area contributed by atoms with Gasteiger partial charge in [-0.15, -0.1) is 0 Å². The monoisotopic (exact) mass is 383 g/mol. The molecule has 1 heterocycles. The predicted octanol–water partition coefficient (Wildman–Crippen LogP) is 1.94. The van der Waals surface area contributed by atoms with Crippen LogP contribution in [0.3, 0.4) is 0 Å². The quantitative estimate of drug-likeness (QED) is 0.317. The lowest BCUT2D eigenvalue weighted by atomic mass is 10.1. The van der Waals surface area contributed by atoms with Gasteiger partial charge in [0.2, 0.25) is 17.8 Å². The van der Waals surface area contributed by atoms with Gasteiger partial charge in [0, 0.05) is 25.7 Å². The highest BCUT2D eigenvalue weighted by Gasteiger charge is 2.08. The van der Waals surface area contributed by atoms with Crippen LogP contribution in [0.25, 0.3) is 0 Å². The van der Waals surface area contributed by atoms with Gasteiger partial charge in [-0.05, 0) is 25.7 Å². The average molecular weight is 384 g/mol. The second-order valence-corrected chi connectivity index (χ2v) is 6.81. The van der Waals surface area contributed by atoms with Gasteiger partial charge in [-0.25, -0.2) is 0 Å². The van der Waals surface area contributed by atoms with Gasteiger partial charge in [0.25, 0.3) is 0 Å². The molecular formula is C18H37N7O2. The van der Waals surface area contributed by atoms with E-state index >= 15 is 0 Å². The topological polar surface area (TPSA) is 119 Å². The Morgan fingerprint density at radius 2 is 1.44 bits per heavy atom. The smallest absolute Gasteiger partial charge is 0.229 e. The highest BCUT2D eigenvalue weighted by Crippen LogP contribution is 2.11. The maximum Gasteiger partial charge on any atom is 0.229 e. The average Bonchev–Trinajstić information content (AvgIpc) is 2.63. The van der Waals surface area contributed by atoms with Gasteiger partial charge < -0.3 is 31.2 Å². The van der Waals surface area contributed by atoms with Crippen LogP contribution >= 0.6 is 0 Å². The molecule has 1 atom stereocenters. The fourth-order valence-corrected chi connectivity index (χ4v) is 2.03. The molecule has 1 aromatic rings. The van der Waals surface area contributed by atoms with Crippen molar-refractivity contribution in [3.63, 3.8) is 0 Å². The van der Waals surface area contributed by atoms with Gasteiger partial charge in [0.15, 0.2) is 0 Å². The summed E-state index contributed by atoms with van der Waals surface area (Å²) in [4.78, 5) is 13.3. The molecule has 9 heteroatoms. The van der Waals surface area contributed by atoms with Gasteiger partial charge in [0.1, 0.15) is 0 Å². The van der Waals surface area contributed by atoms with E-state index in [2.05, 4.69) is 58.6 Å². The van der Waals surface area contributed by atoms with E-state index in [-0.39, 0.29) is 0 Å². The van der Waals surface area contributed by atoms with Crippen LogP contribution in [-0.2, 0) is 9.47 Å². The number of nitrogens with one attached hydrogen (secondary N) is 3. The first kappa shape index (κ1) is 23.3. The van der Waals surface area contributed by atoms with E-state index in [1.807, 2.05) is 0 Å². The van der Waals surface area contributed by atoms with E-state index < -0.39 is 0 Å².